The average molecular weight is 676 g/mol. The second-order valence-electron chi connectivity index (χ2n) is 12.6. The van der Waals surface area contributed by atoms with E-state index in [9.17, 15) is 4.79 Å². The standard InChI is InChI=1S/C38H50ClN5O4/c1-6-7-10-21-44-33-13-9-8-12-32(33)40-38(44)43-20-11-19-42(23-24-43)22-18-29(28-14-16-31(39)17-15-28)27-41(2)37(45)30-25-34(46-3)36(48-5)35(26-30)47-4/h8-9,12-17,25-26,29H,6-7,10-11,18-24,27H2,1-5H3. The van der Waals surface area contributed by atoms with Crippen LogP contribution in [-0.4, -0.2) is 92.9 Å². The Kier molecular flexibility index (Phi) is 12.5. The molecule has 9 nitrogen and oxygen atoms in total. The lowest BCUT2D eigenvalue weighted by atomic mass is 9.94. The first-order valence-electron chi connectivity index (χ1n) is 17.1. The fraction of sp³-hybridized carbons (Fsp3) is 0.474. The van der Waals surface area contributed by atoms with E-state index < -0.39 is 0 Å². The highest BCUT2D eigenvalue weighted by molar-refractivity contribution is 6.30. The highest BCUT2D eigenvalue weighted by Gasteiger charge is 2.25. The molecule has 1 atom stereocenters. The van der Waals surface area contributed by atoms with Crippen LogP contribution in [0.1, 0.15) is 60.9 Å². The molecule has 4 aromatic rings. The van der Waals surface area contributed by atoms with Gasteiger partial charge in [-0.3, -0.25) is 4.79 Å². The number of methoxy groups -OCH3 is 3. The largest absolute Gasteiger partial charge is 0.493 e. The van der Waals surface area contributed by atoms with E-state index in [4.69, 9.17) is 30.8 Å². The SMILES string of the molecule is CCCCCn1c(N2CCCN(CCC(CN(C)C(=O)c3cc(OC)c(OC)c(OC)c3)c3ccc(Cl)cc3)CC2)nc2ccccc21. The molecule has 0 spiro atoms. The van der Waals surface area contributed by atoms with Gasteiger partial charge in [-0.25, -0.2) is 4.98 Å². The summed E-state index contributed by atoms with van der Waals surface area (Å²) in [6, 6.07) is 19.9. The number of carbonyl (C=O) groups excluding carboxylic acids is 1. The molecule has 3 aromatic carbocycles. The number of likely N-dealkylation sites (N-methyl/N-ethyl adjacent to an activating group) is 1. The summed E-state index contributed by atoms with van der Waals surface area (Å²) in [7, 11) is 6.51. The lowest BCUT2D eigenvalue weighted by Crippen LogP contribution is -2.35. The van der Waals surface area contributed by atoms with Crippen molar-refractivity contribution in [1.29, 1.82) is 0 Å². The van der Waals surface area contributed by atoms with E-state index in [-0.39, 0.29) is 11.8 Å². The van der Waals surface area contributed by atoms with Crippen molar-refractivity contribution in [2.45, 2.75) is 51.5 Å². The number of nitrogens with zero attached hydrogens (tertiary/aromatic N) is 5. The number of hydrogen-bond acceptors (Lipinski definition) is 7. The third-order valence-corrected chi connectivity index (χ3v) is 9.63. The number of unbranched alkanes of at least 4 members (excludes halogenated alkanes) is 2. The van der Waals surface area contributed by atoms with Gasteiger partial charge in [0, 0.05) is 56.3 Å². The van der Waals surface area contributed by atoms with Gasteiger partial charge in [0.25, 0.3) is 5.91 Å². The van der Waals surface area contributed by atoms with Gasteiger partial charge in [-0.15, -0.1) is 0 Å². The van der Waals surface area contributed by atoms with Crippen LogP contribution in [0.4, 0.5) is 5.95 Å². The first kappa shape index (κ1) is 35.4. The van der Waals surface area contributed by atoms with Crippen LogP contribution >= 0.6 is 11.6 Å². The molecule has 1 aromatic heterocycles. The number of hydrogen-bond donors (Lipinski definition) is 0. The Morgan fingerprint density at radius 2 is 1.65 bits per heavy atom. The molecule has 1 aliphatic heterocycles. The Balaban J connectivity index is 1.28. The fourth-order valence-electron chi connectivity index (χ4n) is 6.71. The van der Waals surface area contributed by atoms with Gasteiger partial charge >= 0.3 is 0 Å². The van der Waals surface area contributed by atoms with E-state index in [2.05, 4.69) is 57.7 Å². The molecule has 0 radical (unpaired) electrons. The summed E-state index contributed by atoms with van der Waals surface area (Å²) in [5.74, 6) is 2.48. The number of rotatable bonds is 15. The Morgan fingerprint density at radius 1 is 0.917 bits per heavy atom. The van der Waals surface area contributed by atoms with Crippen LogP contribution in [0.25, 0.3) is 11.0 Å². The van der Waals surface area contributed by atoms with Gasteiger partial charge < -0.3 is 33.5 Å². The first-order chi connectivity index (χ1) is 23.4. The van der Waals surface area contributed by atoms with Crippen molar-refractivity contribution in [3.05, 3.63) is 76.8 Å². The molecule has 2 heterocycles. The molecule has 0 aliphatic carbocycles. The number of aryl methyl sites for hydroxylation is 1. The number of fused-ring (bicyclic) bond motifs is 1. The van der Waals surface area contributed by atoms with Crippen LogP contribution in [0.2, 0.25) is 5.02 Å². The number of halogens is 1. The molecular formula is C38H50ClN5O4. The van der Waals surface area contributed by atoms with Crippen LogP contribution in [0.5, 0.6) is 17.2 Å². The predicted octanol–water partition coefficient (Wildman–Crippen LogP) is 7.36. The lowest BCUT2D eigenvalue weighted by molar-refractivity contribution is 0.0782. The molecule has 0 N–H and O–H groups in total. The Hall–Kier alpha value is -3.95. The van der Waals surface area contributed by atoms with E-state index in [0.717, 1.165) is 70.0 Å². The lowest BCUT2D eigenvalue weighted by Gasteiger charge is -2.28. The number of imidazole rings is 1. The number of aromatic nitrogens is 2. The molecule has 10 heteroatoms. The third-order valence-electron chi connectivity index (χ3n) is 9.38. The highest BCUT2D eigenvalue weighted by Crippen LogP contribution is 2.38. The molecule has 1 fully saturated rings. The summed E-state index contributed by atoms with van der Waals surface area (Å²) in [5, 5.41) is 0.702. The quantitative estimate of drug-likeness (QED) is 0.122. The molecule has 1 amide bonds. The molecule has 1 aliphatic rings. The monoisotopic (exact) mass is 675 g/mol. The predicted molar refractivity (Wildman–Crippen MR) is 194 cm³/mol. The Labute approximate surface area is 290 Å². The van der Waals surface area contributed by atoms with Crippen molar-refractivity contribution in [2.75, 3.05) is 72.5 Å². The van der Waals surface area contributed by atoms with E-state index in [0.29, 0.717) is 34.4 Å². The van der Waals surface area contributed by atoms with Crippen molar-refractivity contribution in [3.8, 4) is 17.2 Å². The summed E-state index contributed by atoms with van der Waals surface area (Å²) in [6.45, 7) is 8.64. The molecule has 48 heavy (non-hydrogen) atoms. The van der Waals surface area contributed by atoms with Crippen molar-refractivity contribution in [2.24, 2.45) is 0 Å². The molecular weight excluding hydrogens is 626 g/mol. The van der Waals surface area contributed by atoms with Crippen LogP contribution in [-0.2, 0) is 6.54 Å². The Morgan fingerprint density at radius 3 is 2.33 bits per heavy atom. The Bertz CT molecular complexity index is 1620. The highest BCUT2D eigenvalue weighted by atomic mass is 35.5. The molecule has 5 rings (SSSR count). The maximum atomic E-state index is 13.7. The van der Waals surface area contributed by atoms with Crippen LogP contribution in [0.15, 0.2) is 60.7 Å². The summed E-state index contributed by atoms with van der Waals surface area (Å²) in [6.07, 6.45) is 5.56. The maximum absolute atomic E-state index is 13.7. The zero-order valence-corrected chi connectivity index (χ0v) is 29.8. The second-order valence-corrected chi connectivity index (χ2v) is 13.0. The number of para-hydroxylation sites is 2. The van der Waals surface area contributed by atoms with Gasteiger partial charge in [-0.1, -0.05) is 55.6 Å². The second kappa shape index (κ2) is 16.9. The van der Waals surface area contributed by atoms with Crippen molar-refractivity contribution >= 4 is 34.5 Å². The van der Waals surface area contributed by atoms with Crippen LogP contribution < -0.4 is 19.1 Å². The minimum Gasteiger partial charge on any atom is -0.493 e. The number of ether oxygens (including phenoxy) is 3. The fourth-order valence-corrected chi connectivity index (χ4v) is 6.84. The third kappa shape index (κ3) is 8.36. The number of anilines is 1. The first-order valence-corrected chi connectivity index (χ1v) is 17.5. The number of carbonyl (C=O) groups is 1. The van der Waals surface area contributed by atoms with Gasteiger partial charge in [-0.05, 0) is 74.3 Å². The summed E-state index contributed by atoms with van der Waals surface area (Å²) < 4.78 is 18.9. The zero-order chi connectivity index (χ0) is 34.0. The summed E-state index contributed by atoms with van der Waals surface area (Å²) in [4.78, 5) is 25.7. The van der Waals surface area contributed by atoms with Crippen molar-refractivity contribution < 1.29 is 19.0 Å². The molecule has 1 unspecified atom stereocenters. The van der Waals surface area contributed by atoms with Crippen LogP contribution in [0.3, 0.4) is 0 Å². The van der Waals surface area contributed by atoms with Crippen LogP contribution in [0, 0.1) is 0 Å². The topological polar surface area (TPSA) is 72.3 Å². The zero-order valence-electron chi connectivity index (χ0n) is 29.1. The van der Waals surface area contributed by atoms with E-state index in [1.54, 1.807) is 38.4 Å². The molecule has 258 valence electrons. The number of benzene rings is 3. The smallest absolute Gasteiger partial charge is 0.253 e. The van der Waals surface area contributed by atoms with Gasteiger partial charge in [0.15, 0.2) is 11.5 Å². The molecule has 1 saturated heterocycles. The summed E-state index contributed by atoms with van der Waals surface area (Å²) in [5.41, 5.74) is 3.94. The maximum Gasteiger partial charge on any atom is 0.253 e. The van der Waals surface area contributed by atoms with E-state index >= 15 is 0 Å². The normalized spacial score (nSPS) is 14.5. The number of amides is 1. The molecule has 0 bridgehead atoms. The van der Waals surface area contributed by atoms with E-state index in [1.165, 1.54) is 23.9 Å². The van der Waals surface area contributed by atoms with Crippen molar-refractivity contribution in [1.82, 2.24) is 19.4 Å². The van der Waals surface area contributed by atoms with Crippen molar-refractivity contribution in [3.63, 3.8) is 0 Å². The minimum atomic E-state index is -0.111. The van der Waals surface area contributed by atoms with Gasteiger partial charge in [0.2, 0.25) is 11.7 Å². The van der Waals surface area contributed by atoms with E-state index in [1.807, 2.05) is 19.2 Å². The van der Waals surface area contributed by atoms with Gasteiger partial charge in [0.05, 0.1) is 32.4 Å². The molecule has 0 saturated carbocycles. The summed E-state index contributed by atoms with van der Waals surface area (Å²) >= 11 is 6.27. The van der Waals surface area contributed by atoms with Gasteiger partial charge in [0.1, 0.15) is 0 Å². The minimum absolute atomic E-state index is 0.111. The average Bonchev–Trinajstić information content (AvgIpc) is 3.31. The van der Waals surface area contributed by atoms with Gasteiger partial charge in [-0.2, -0.15) is 0 Å².